The molecule has 0 spiro atoms. The quantitative estimate of drug-likeness (QED) is 0.736. The molecular weight excluding hydrogens is 254 g/mol. The van der Waals surface area contributed by atoms with E-state index in [9.17, 15) is 0 Å². The summed E-state index contributed by atoms with van der Waals surface area (Å²) in [6.07, 6.45) is 2.33. The van der Waals surface area contributed by atoms with Gasteiger partial charge in [-0.25, -0.2) is 0 Å². The summed E-state index contributed by atoms with van der Waals surface area (Å²) in [5.74, 6) is 0. The van der Waals surface area contributed by atoms with Gasteiger partial charge in [-0.2, -0.15) is 0 Å². The molecule has 1 N–H and O–H groups in total. The van der Waals surface area contributed by atoms with Crippen molar-refractivity contribution in [2.24, 2.45) is 0 Å². The van der Waals surface area contributed by atoms with Gasteiger partial charge in [-0.1, -0.05) is 58.9 Å². The number of nitrogens with one attached hydrogen (secondary N) is 1. The maximum Gasteiger partial charge on any atom is 0.00965 e. The number of benzene rings is 1. The van der Waals surface area contributed by atoms with Crippen LogP contribution < -0.4 is 5.32 Å². The molecule has 0 saturated carbocycles. The second-order valence-corrected chi connectivity index (χ2v) is 8.63. The predicted octanol–water partition coefficient (Wildman–Crippen LogP) is 5.43. The van der Waals surface area contributed by atoms with Gasteiger partial charge in [0.15, 0.2) is 0 Å². The second-order valence-electron chi connectivity index (χ2n) is 8.63. The van der Waals surface area contributed by atoms with Crippen molar-refractivity contribution in [3.63, 3.8) is 0 Å². The topological polar surface area (TPSA) is 12.0 Å². The van der Waals surface area contributed by atoms with Gasteiger partial charge in [0.2, 0.25) is 0 Å². The second kappa shape index (κ2) is 6.52. The summed E-state index contributed by atoms with van der Waals surface area (Å²) in [5, 5.41) is 3.59. The first kappa shape index (κ1) is 18.2. The Hall–Kier alpha value is -0.820. The van der Waals surface area contributed by atoms with E-state index in [4.69, 9.17) is 0 Å². The molecule has 0 fully saturated rings. The van der Waals surface area contributed by atoms with Gasteiger partial charge in [0, 0.05) is 5.54 Å². The fourth-order valence-corrected chi connectivity index (χ4v) is 2.47. The van der Waals surface area contributed by atoms with E-state index < -0.39 is 0 Å². The van der Waals surface area contributed by atoms with E-state index in [-0.39, 0.29) is 16.4 Å². The standard InChI is InChI=1S/C20H35N/c1-9-19(5,6)16-10-12-17(13-11-16)20(7,8)14-15-21-18(2,3)4/h10-13,21H,9,14-15H2,1-8H3. The lowest BCUT2D eigenvalue weighted by molar-refractivity contribution is 0.379. The molecule has 0 aliphatic carbocycles. The highest BCUT2D eigenvalue weighted by molar-refractivity contribution is 5.31. The molecule has 120 valence electrons. The van der Waals surface area contributed by atoms with Gasteiger partial charge in [0.05, 0.1) is 0 Å². The highest BCUT2D eigenvalue weighted by Gasteiger charge is 2.23. The Labute approximate surface area is 132 Å². The molecule has 0 saturated heterocycles. The van der Waals surface area contributed by atoms with Crippen molar-refractivity contribution in [2.75, 3.05) is 6.54 Å². The van der Waals surface area contributed by atoms with Gasteiger partial charge in [0.1, 0.15) is 0 Å². The summed E-state index contributed by atoms with van der Waals surface area (Å²) >= 11 is 0. The lowest BCUT2D eigenvalue weighted by Gasteiger charge is -2.30. The summed E-state index contributed by atoms with van der Waals surface area (Å²) in [6, 6.07) is 9.28. The molecule has 0 aromatic heterocycles. The van der Waals surface area contributed by atoms with Crippen LogP contribution in [0.2, 0.25) is 0 Å². The Kier molecular flexibility index (Phi) is 5.66. The molecule has 0 unspecified atom stereocenters. The van der Waals surface area contributed by atoms with Crippen LogP contribution in [0.3, 0.4) is 0 Å². The third kappa shape index (κ3) is 5.47. The lowest BCUT2D eigenvalue weighted by atomic mass is 9.78. The van der Waals surface area contributed by atoms with Crippen LogP contribution in [-0.4, -0.2) is 12.1 Å². The number of hydrogen-bond donors (Lipinski definition) is 1. The number of hydrogen-bond acceptors (Lipinski definition) is 1. The average molecular weight is 290 g/mol. The van der Waals surface area contributed by atoms with Gasteiger partial charge in [-0.15, -0.1) is 0 Å². The third-order valence-corrected chi connectivity index (χ3v) is 4.74. The molecule has 1 heteroatoms. The average Bonchev–Trinajstić information content (AvgIpc) is 2.37. The summed E-state index contributed by atoms with van der Waals surface area (Å²) in [7, 11) is 0. The van der Waals surface area contributed by atoms with E-state index in [0.29, 0.717) is 0 Å². The largest absolute Gasteiger partial charge is 0.312 e. The molecule has 0 aliphatic rings. The van der Waals surface area contributed by atoms with E-state index in [2.05, 4.69) is 85.0 Å². The van der Waals surface area contributed by atoms with Crippen LogP contribution in [0.15, 0.2) is 24.3 Å². The summed E-state index contributed by atoms with van der Waals surface area (Å²) < 4.78 is 0. The van der Waals surface area contributed by atoms with E-state index >= 15 is 0 Å². The van der Waals surface area contributed by atoms with Crippen molar-refractivity contribution in [2.45, 2.75) is 84.6 Å². The fourth-order valence-electron chi connectivity index (χ4n) is 2.47. The molecular formula is C20H35N. The number of rotatable bonds is 6. The molecule has 1 rings (SSSR count). The molecule has 0 aliphatic heterocycles. The van der Waals surface area contributed by atoms with Crippen molar-refractivity contribution in [1.29, 1.82) is 0 Å². The molecule has 0 radical (unpaired) electrons. The van der Waals surface area contributed by atoms with Crippen LogP contribution >= 0.6 is 0 Å². The summed E-state index contributed by atoms with van der Waals surface area (Å²) in [6.45, 7) is 19.3. The van der Waals surface area contributed by atoms with Crippen molar-refractivity contribution in [3.05, 3.63) is 35.4 Å². The molecule has 1 nitrogen and oxygen atoms in total. The van der Waals surface area contributed by atoms with E-state index in [0.717, 1.165) is 13.0 Å². The third-order valence-electron chi connectivity index (χ3n) is 4.74. The van der Waals surface area contributed by atoms with Gasteiger partial charge >= 0.3 is 0 Å². The predicted molar refractivity (Wildman–Crippen MR) is 95.2 cm³/mol. The molecule has 0 amide bonds. The normalized spacial score (nSPS) is 13.5. The molecule has 0 heterocycles. The zero-order valence-corrected chi connectivity index (χ0v) is 15.4. The minimum absolute atomic E-state index is 0.199. The summed E-state index contributed by atoms with van der Waals surface area (Å²) in [5.41, 5.74) is 3.57. The van der Waals surface area contributed by atoms with Crippen LogP contribution in [0.4, 0.5) is 0 Å². The van der Waals surface area contributed by atoms with E-state index in [1.54, 1.807) is 0 Å². The molecule has 0 atom stereocenters. The Morgan fingerprint density at radius 3 is 1.57 bits per heavy atom. The lowest BCUT2D eigenvalue weighted by Crippen LogP contribution is -2.38. The zero-order valence-electron chi connectivity index (χ0n) is 15.4. The van der Waals surface area contributed by atoms with Crippen LogP contribution in [0.5, 0.6) is 0 Å². The highest BCUT2D eigenvalue weighted by atomic mass is 14.9. The van der Waals surface area contributed by atoms with Gasteiger partial charge in [0.25, 0.3) is 0 Å². The first-order valence-electron chi connectivity index (χ1n) is 8.34. The van der Waals surface area contributed by atoms with Crippen molar-refractivity contribution in [1.82, 2.24) is 5.32 Å². The highest BCUT2D eigenvalue weighted by Crippen LogP contribution is 2.31. The smallest absolute Gasteiger partial charge is 0.00965 e. The first-order valence-corrected chi connectivity index (χ1v) is 8.34. The van der Waals surface area contributed by atoms with Crippen LogP contribution in [0.25, 0.3) is 0 Å². The van der Waals surface area contributed by atoms with Crippen molar-refractivity contribution >= 4 is 0 Å². The van der Waals surface area contributed by atoms with Crippen molar-refractivity contribution in [3.8, 4) is 0 Å². The van der Waals surface area contributed by atoms with Crippen LogP contribution in [-0.2, 0) is 10.8 Å². The van der Waals surface area contributed by atoms with E-state index in [1.807, 2.05) is 0 Å². The molecule has 1 aromatic carbocycles. The Morgan fingerprint density at radius 1 is 0.762 bits per heavy atom. The minimum Gasteiger partial charge on any atom is -0.312 e. The van der Waals surface area contributed by atoms with Crippen molar-refractivity contribution < 1.29 is 0 Å². The molecule has 21 heavy (non-hydrogen) atoms. The molecule has 0 bridgehead atoms. The fraction of sp³-hybridized carbons (Fsp3) is 0.700. The van der Waals surface area contributed by atoms with Gasteiger partial charge in [-0.05, 0) is 62.1 Å². The molecule has 1 aromatic rings. The monoisotopic (exact) mass is 289 g/mol. The van der Waals surface area contributed by atoms with E-state index in [1.165, 1.54) is 17.5 Å². The summed E-state index contributed by atoms with van der Waals surface area (Å²) in [4.78, 5) is 0. The maximum atomic E-state index is 3.59. The maximum absolute atomic E-state index is 3.59. The van der Waals surface area contributed by atoms with Gasteiger partial charge < -0.3 is 5.32 Å². The Balaban J connectivity index is 2.76. The first-order chi connectivity index (χ1) is 9.48. The Morgan fingerprint density at radius 2 is 1.19 bits per heavy atom. The SMILES string of the molecule is CCC(C)(C)c1ccc(C(C)(C)CCNC(C)(C)C)cc1. The van der Waals surface area contributed by atoms with Crippen LogP contribution in [0.1, 0.15) is 79.4 Å². The van der Waals surface area contributed by atoms with Gasteiger partial charge in [-0.3, -0.25) is 0 Å². The Bertz CT molecular complexity index is 432. The zero-order chi connectivity index (χ0) is 16.3. The van der Waals surface area contributed by atoms with Crippen LogP contribution in [0, 0.1) is 0 Å². The minimum atomic E-state index is 0.199.